The van der Waals surface area contributed by atoms with E-state index in [0.717, 1.165) is 17.6 Å². The average Bonchev–Trinajstić information content (AvgIpc) is 2.01. The summed E-state index contributed by atoms with van der Waals surface area (Å²) >= 11 is 3.50. The van der Waals surface area contributed by atoms with Gasteiger partial charge in [-0.2, -0.15) is 0 Å². The van der Waals surface area contributed by atoms with Gasteiger partial charge in [0.1, 0.15) is 0 Å². The zero-order valence-corrected chi connectivity index (χ0v) is 8.26. The lowest BCUT2D eigenvalue weighted by Gasteiger charge is -2.40. The van der Waals surface area contributed by atoms with E-state index < -0.39 is 0 Å². The van der Waals surface area contributed by atoms with Crippen molar-refractivity contribution in [3.05, 3.63) is 34.3 Å². The Morgan fingerprint density at radius 1 is 1.33 bits per heavy atom. The van der Waals surface area contributed by atoms with Crippen LogP contribution in [-0.2, 0) is 5.54 Å². The summed E-state index contributed by atoms with van der Waals surface area (Å²) in [6.07, 6.45) is 0. The van der Waals surface area contributed by atoms with Crippen LogP contribution >= 0.6 is 15.9 Å². The molecule has 0 bridgehead atoms. The first kappa shape index (κ1) is 8.23. The smallest absolute Gasteiger partial charge is 0.0673 e. The van der Waals surface area contributed by atoms with Gasteiger partial charge >= 0.3 is 0 Å². The first-order valence-electron chi connectivity index (χ1n) is 3.97. The number of hydrogen-bond acceptors (Lipinski definition) is 2. The maximum absolute atomic E-state index is 6.13. The first-order chi connectivity index (χ1) is 5.72. The zero-order chi connectivity index (χ0) is 8.60. The van der Waals surface area contributed by atoms with Gasteiger partial charge in [0.15, 0.2) is 0 Å². The highest BCUT2D eigenvalue weighted by Gasteiger charge is 2.35. The predicted octanol–water partition coefficient (Wildman–Crippen LogP) is 1.21. The van der Waals surface area contributed by atoms with Gasteiger partial charge in [-0.1, -0.05) is 34.1 Å². The molecule has 2 rings (SSSR count). The summed E-state index contributed by atoms with van der Waals surface area (Å²) in [5, 5.41) is 3.18. The van der Waals surface area contributed by atoms with Gasteiger partial charge in [-0.25, -0.2) is 0 Å². The molecule has 1 heterocycles. The third-order valence-electron chi connectivity index (χ3n) is 2.29. The standard InChI is InChI=1S/C9H11BrN2/c10-8-4-2-1-3-7(8)9(11)5-12-6-9/h1-4,12H,5-6,11H2. The van der Waals surface area contributed by atoms with Gasteiger partial charge in [0.25, 0.3) is 0 Å². The van der Waals surface area contributed by atoms with E-state index in [4.69, 9.17) is 5.73 Å². The SMILES string of the molecule is NC1(c2ccccc2Br)CNC1. The van der Waals surface area contributed by atoms with Gasteiger partial charge in [-0.3, -0.25) is 0 Å². The maximum Gasteiger partial charge on any atom is 0.0673 e. The molecule has 0 aliphatic carbocycles. The van der Waals surface area contributed by atoms with Crippen molar-refractivity contribution in [2.45, 2.75) is 5.54 Å². The molecule has 3 N–H and O–H groups in total. The first-order valence-corrected chi connectivity index (χ1v) is 4.76. The molecule has 0 radical (unpaired) electrons. The van der Waals surface area contributed by atoms with Gasteiger partial charge in [-0.05, 0) is 11.6 Å². The van der Waals surface area contributed by atoms with Crippen LogP contribution in [-0.4, -0.2) is 13.1 Å². The van der Waals surface area contributed by atoms with Crippen LogP contribution in [0.25, 0.3) is 0 Å². The fraction of sp³-hybridized carbons (Fsp3) is 0.333. The van der Waals surface area contributed by atoms with Crippen molar-refractivity contribution in [3.63, 3.8) is 0 Å². The van der Waals surface area contributed by atoms with E-state index in [2.05, 4.69) is 27.3 Å². The van der Waals surface area contributed by atoms with Gasteiger partial charge in [0, 0.05) is 17.6 Å². The molecule has 2 nitrogen and oxygen atoms in total. The second-order valence-electron chi connectivity index (χ2n) is 3.24. The number of nitrogens with two attached hydrogens (primary N) is 1. The van der Waals surface area contributed by atoms with Gasteiger partial charge in [0.2, 0.25) is 0 Å². The zero-order valence-electron chi connectivity index (χ0n) is 6.68. The number of nitrogens with one attached hydrogen (secondary N) is 1. The van der Waals surface area contributed by atoms with Crippen LogP contribution < -0.4 is 11.1 Å². The fourth-order valence-electron chi connectivity index (χ4n) is 1.45. The number of halogens is 1. The van der Waals surface area contributed by atoms with Crippen molar-refractivity contribution in [2.24, 2.45) is 5.73 Å². The number of benzene rings is 1. The Balaban J connectivity index is 2.39. The fourth-order valence-corrected chi connectivity index (χ4v) is 2.13. The summed E-state index contributed by atoms with van der Waals surface area (Å²) in [4.78, 5) is 0. The average molecular weight is 227 g/mol. The van der Waals surface area contributed by atoms with Gasteiger partial charge < -0.3 is 11.1 Å². The van der Waals surface area contributed by atoms with E-state index in [1.807, 2.05) is 18.2 Å². The monoisotopic (exact) mass is 226 g/mol. The lowest BCUT2D eigenvalue weighted by Crippen LogP contribution is -2.62. The van der Waals surface area contributed by atoms with Crippen molar-refractivity contribution in [3.8, 4) is 0 Å². The van der Waals surface area contributed by atoms with Crippen molar-refractivity contribution in [1.29, 1.82) is 0 Å². The predicted molar refractivity (Wildman–Crippen MR) is 52.9 cm³/mol. The molecule has 1 fully saturated rings. The quantitative estimate of drug-likeness (QED) is 0.756. The molecule has 1 aliphatic rings. The molecule has 1 saturated heterocycles. The van der Waals surface area contributed by atoms with Gasteiger partial charge in [0.05, 0.1) is 5.54 Å². The molecular weight excluding hydrogens is 216 g/mol. The Hall–Kier alpha value is -0.380. The third-order valence-corrected chi connectivity index (χ3v) is 2.98. The lowest BCUT2D eigenvalue weighted by molar-refractivity contribution is 0.286. The van der Waals surface area contributed by atoms with Crippen molar-refractivity contribution in [2.75, 3.05) is 13.1 Å². The molecule has 3 heteroatoms. The van der Waals surface area contributed by atoms with Crippen molar-refractivity contribution >= 4 is 15.9 Å². The van der Waals surface area contributed by atoms with Crippen LogP contribution in [0.15, 0.2) is 28.7 Å². The summed E-state index contributed by atoms with van der Waals surface area (Å²) in [5.41, 5.74) is 7.18. The van der Waals surface area contributed by atoms with E-state index in [9.17, 15) is 0 Å². The van der Waals surface area contributed by atoms with Crippen molar-refractivity contribution < 1.29 is 0 Å². The van der Waals surface area contributed by atoms with Crippen LogP contribution in [0, 0.1) is 0 Å². The molecule has 0 unspecified atom stereocenters. The molecule has 0 aromatic heterocycles. The molecule has 0 amide bonds. The minimum atomic E-state index is -0.153. The van der Waals surface area contributed by atoms with E-state index in [0.29, 0.717) is 0 Å². The second kappa shape index (κ2) is 2.83. The maximum atomic E-state index is 6.13. The van der Waals surface area contributed by atoms with Crippen LogP contribution in [0.2, 0.25) is 0 Å². The van der Waals surface area contributed by atoms with Crippen LogP contribution in [0.4, 0.5) is 0 Å². The Labute approximate surface area is 80.3 Å². The minimum absolute atomic E-state index is 0.153. The molecule has 0 atom stereocenters. The summed E-state index contributed by atoms with van der Waals surface area (Å²) in [5.74, 6) is 0. The van der Waals surface area contributed by atoms with E-state index in [-0.39, 0.29) is 5.54 Å². The third kappa shape index (κ3) is 1.18. The number of rotatable bonds is 1. The van der Waals surface area contributed by atoms with Gasteiger partial charge in [-0.15, -0.1) is 0 Å². The highest BCUT2D eigenvalue weighted by atomic mass is 79.9. The summed E-state index contributed by atoms with van der Waals surface area (Å²) in [6.45, 7) is 1.74. The molecule has 64 valence electrons. The van der Waals surface area contributed by atoms with E-state index >= 15 is 0 Å². The van der Waals surface area contributed by atoms with Crippen LogP contribution in [0.3, 0.4) is 0 Å². The Kier molecular flexibility index (Phi) is 1.94. The minimum Gasteiger partial charge on any atom is -0.319 e. The Morgan fingerprint density at radius 2 is 2.00 bits per heavy atom. The lowest BCUT2D eigenvalue weighted by atomic mass is 9.85. The van der Waals surface area contributed by atoms with Crippen molar-refractivity contribution in [1.82, 2.24) is 5.32 Å². The molecule has 0 saturated carbocycles. The highest BCUT2D eigenvalue weighted by molar-refractivity contribution is 9.10. The highest BCUT2D eigenvalue weighted by Crippen LogP contribution is 2.28. The van der Waals surface area contributed by atoms with E-state index in [1.165, 1.54) is 5.56 Å². The molecule has 1 aromatic carbocycles. The normalized spacial score (nSPS) is 20.2. The topological polar surface area (TPSA) is 38.0 Å². The molecule has 0 spiro atoms. The van der Waals surface area contributed by atoms with E-state index in [1.54, 1.807) is 0 Å². The largest absolute Gasteiger partial charge is 0.319 e. The van der Waals surface area contributed by atoms with Crippen LogP contribution in [0.1, 0.15) is 5.56 Å². The van der Waals surface area contributed by atoms with Crippen LogP contribution in [0.5, 0.6) is 0 Å². The summed E-state index contributed by atoms with van der Waals surface area (Å²) in [7, 11) is 0. The Morgan fingerprint density at radius 3 is 2.50 bits per heavy atom. The second-order valence-corrected chi connectivity index (χ2v) is 4.09. The Bertz CT molecular complexity index is 294. The summed E-state index contributed by atoms with van der Waals surface area (Å²) < 4.78 is 1.11. The molecule has 12 heavy (non-hydrogen) atoms. The summed E-state index contributed by atoms with van der Waals surface area (Å²) in [6, 6.07) is 8.13. The molecular formula is C9H11BrN2. The molecule has 1 aliphatic heterocycles. The number of hydrogen-bond donors (Lipinski definition) is 2. The molecule has 1 aromatic rings.